The third-order valence-corrected chi connectivity index (χ3v) is 3.90. The lowest BCUT2D eigenvalue weighted by Gasteiger charge is -2.04. The van der Waals surface area contributed by atoms with E-state index in [0.717, 1.165) is 19.3 Å². The summed E-state index contributed by atoms with van der Waals surface area (Å²) in [5.41, 5.74) is 0. The predicted molar refractivity (Wildman–Crippen MR) is 96.1 cm³/mol. The van der Waals surface area contributed by atoms with Gasteiger partial charge in [0.05, 0.1) is 6.61 Å². The van der Waals surface area contributed by atoms with Crippen molar-refractivity contribution in [2.24, 2.45) is 0 Å². The third-order valence-electron chi connectivity index (χ3n) is 3.90. The molecule has 0 aromatic carbocycles. The number of carbonyl (C=O) groups excluding carboxylic acids is 1. The summed E-state index contributed by atoms with van der Waals surface area (Å²) in [7, 11) is 0. The molecule has 0 aliphatic heterocycles. The van der Waals surface area contributed by atoms with E-state index in [1.807, 2.05) is 0 Å². The fourth-order valence-electron chi connectivity index (χ4n) is 2.41. The summed E-state index contributed by atoms with van der Waals surface area (Å²) in [6.07, 6.45) is 20.9. The lowest BCUT2D eigenvalue weighted by molar-refractivity contribution is -0.143. The minimum atomic E-state index is -0.00430. The minimum Gasteiger partial charge on any atom is -0.466 e. The Morgan fingerprint density at radius 3 is 2.05 bits per heavy atom. The second kappa shape index (κ2) is 18.3. The van der Waals surface area contributed by atoms with Crippen molar-refractivity contribution in [3.8, 4) is 0 Å². The van der Waals surface area contributed by atoms with Gasteiger partial charge in [-0.2, -0.15) is 0 Å². The molecule has 0 N–H and O–H groups in total. The first-order chi connectivity index (χ1) is 10.8. The summed E-state index contributed by atoms with van der Waals surface area (Å²) in [4.78, 5) is 11.5. The quantitative estimate of drug-likeness (QED) is 0.183. The molecule has 0 unspecified atom stereocenters. The van der Waals surface area contributed by atoms with Gasteiger partial charge in [-0.3, -0.25) is 4.79 Å². The van der Waals surface area contributed by atoms with Crippen molar-refractivity contribution in [3.63, 3.8) is 0 Å². The van der Waals surface area contributed by atoms with Gasteiger partial charge in [0.15, 0.2) is 0 Å². The smallest absolute Gasteiger partial charge is 0.305 e. The van der Waals surface area contributed by atoms with E-state index in [2.05, 4.69) is 26.0 Å². The average Bonchev–Trinajstić information content (AvgIpc) is 2.52. The molecule has 22 heavy (non-hydrogen) atoms. The normalized spacial score (nSPS) is 11.2. The maximum atomic E-state index is 11.5. The fraction of sp³-hybridized carbons (Fsp3) is 0.850. The first-order valence-corrected chi connectivity index (χ1v) is 9.61. The van der Waals surface area contributed by atoms with E-state index < -0.39 is 0 Å². The molecule has 0 saturated carbocycles. The number of ether oxygens (including phenoxy) is 1. The van der Waals surface area contributed by atoms with E-state index in [-0.39, 0.29) is 5.97 Å². The molecule has 0 atom stereocenters. The molecular formula is C20H38O2. The monoisotopic (exact) mass is 310 g/mol. The Bertz CT molecular complexity index is 258. The van der Waals surface area contributed by atoms with Crippen molar-refractivity contribution < 1.29 is 9.53 Å². The molecule has 0 amide bonds. The van der Waals surface area contributed by atoms with Gasteiger partial charge in [0.1, 0.15) is 0 Å². The van der Waals surface area contributed by atoms with E-state index in [9.17, 15) is 4.79 Å². The largest absolute Gasteiger partial charge is 0.466 e. The van der Waals surface area contributed by atoms with Gasteiger partial charge in [0, 0.05) is 6.42 Å². The number of hydrogen-bond acceptors (Lipinski definition) is 2. The van der Waals surface area contributed by atoms with Gasteiger partial charge in [-0.05, 0) is 32.1 Å². The molecule has 0 spiro atoms. The molecule has 0 bridgehead atoms. The Labute approximate surface area is 138 Å². The van der Waals surface area contributed by atoms with Gasteiger partial charge >= 0.3 is 5.97 Å². The Morgan fingerprint density at radius 2 is 1.32 bits per heavy atom. The van der Waals surface area contributed by atoms with Crippen molar-refractivity contribution in [2.45, 2.75) is 104 Å². The lowest BCUT2D eigenvalue weighted by atomic mass is 10.1. The highest BCUT2D eigenvalue weighted by Gasteiger charge is 2.02. The van der Waals surface area contributed by atoms with Crippen LogP contribution in [0.4, 0.5) is 0 Å². The van der Waals surface area contributed by atoms with Gasteiger partial charge in [-0.1, -0.05) is 77.4 Å². The summed E-state index contributed by atoms with van der Waals surface area (Å²) in [5.74, 6) is -0.00430. The van der Waals surface area contributed by atoms with Crippen molar-refractivity contribution in [3.05, 3.63) is 12.2 Å². The van der Waals surface area contributed by atoms with Crippen LogP contribution in [-0.4, -0.2) is 12.6 Å². The minimum absolute atomic E-state index is 0.00430. The molecule has 0 fully saturated rings. The molecular weight excluding hydrogens is 272 g/mol. The van der Waals surface area contributed by atoms with Crippen LogP contribution in [0.5, 0.6) is 0 Å². The highest BCUT2D eigenvalue weighted by atomic mass is 16.5. The molecule has 2 nitrogen and oxygen atoms in total. The zero-order chi connectivity index (χ0) is 16.3. The number of hydrogen-bond donors (Lipinski definition) is 0. The summed E-state index contributed by atoms with van der Waals surface area (Å²) in [6.45, 7) is 5.04. The second-order valence-electron chi connectivity index (χ2n) is 6.20. The molecule has 0 heterocycles. The third kappa shape index (κ3) is 17.3. The lowest BCUT2D eigenvalue weighted by Crippen LogP contribution is -2.05. The summed E-state index contributed by atoms with van der Waals surface area (Å²) in [5, 5.41) is 0. The van der Waals surface area contributed by atoms with Gasteiger partial charge in [0.2, 0.25) is 0 Å². The zero-order valence-electron chi connectivity index (χ0n) is 15.1. The van der Waals surface area contributed by atoms with E-state index in [1.54, 1.807) is 0 Å². The SMILES string of the molecule is CCCCC=CCCCCCCCC(=O)OCCCCCC. The maximum absolute atomic E-state index is 11.5. The topological polar surface area (TPSA) is 26.3 Å². The average molecular weight is 311 g/mol. The van der Waals surface area contributed by atoms with E-state index in [1.165, 1.54) is 64.2 Å². The summed E-state index contributed by atoms with van der Waals surface area (Å²) >= 11 is 0. The Balaban J connectivity index is 3.18. The number of esters is 1. The van der Waals surface area contributed by atoms with Crippen LogP contribution in [0.15, 0.2) is 12.2 Å². The molecule has 0 aliphatic rings. The van der Waals surface area contributed by atoms with Crippen LogP contribution in [0.1, 0.15) is 104 Å². The van der Waals surface area contributed by atoms with Crippen LogP contribution in [0.25, 0.3) is 0 Å². The van der Waals surface area contributed by atoms with Gasteiger partial charge in [-0.25, -0.2) is 0 Å². The van der Waals surface area contributed by atoms with Gasteiger partial charge < -0.3 is 4.74 Å². The van der Waals surface area contributed by atoms with Crippen LogP contribution >= 0.6 is 0 Å². The molecule has 0 radical (unpaired) electrons. The van der Waals surface area contributed by atoms with E-state index >= 15 is 0 Å². The predicted octanol–water partition coefficient (Wildman–Crippen LogP) is 6.59. The molecule has 0 aromatic rings. The van der Waals surface area contributed by atoms with Crippen LogP contribution in [0, 0.1) is 0 Å². The maximum Gasteiger partial charge on any atom is 0.305 e. The van der Waals surface area contributed by atoms with Gasteiger partial charge in [-0.15, -0.1) is 0 Å². The van der Waals surface area contributed by atoms with Crippen molar-refractivity contribution >= 4 is 5.97 Å². The highest BCUT2D eigenvalue weighted by molar-refractivity contribution is 5.69. The summed E-state index contributed by atoms with van der Waals surface area (Å²) < 4.78 is 5.23. The molecule has 0 saturated heterocycles. The Kier molecular flexibility index (Phi) is 17.6. The summed E-state index contributed by atoms with van der Waals surface area (Å²) in [6, 6.07) is 0. The standard InChI is InChI=1S/C20H38O2/c1-3-5-7-9-10-11-12-13-14-15-16-18-20(21)22-19-17-8-6-4-2/h9-10H,3-8,11-19H2,1-2H3. The van der Waals surface area contributed by atoms with Gasteiger partial charge in [0.25, 0.3) is 0 Å². The number of unbranched alkanes of at least 4 members (excludes halogenated alkanes) is 10. The Hall–Kier alpha value is -0.790. The molecule has 0 aromatic heterocycles. The van der Waals surface area contributed by atoms with Crippen molar-refractivity contribution in [1.29, 1.82) is 0 Å². The second-order valence-corrected chi connectivity index (χ2v) is 6.20. The van der Waals surface area contributed by atoms with Crippen molar-refractivity contribution in [1.82, 2.24) is 0 Å². The first kappa shape index (κ1) is 21.2. The van der Waals surface area contributed by atoms with Crippen LogP contribution in [0.3, 0.4) is 0 Å². The van der Waals surface area contributed by atoms with E-state index in [0.29, 0.717) is 13.0 Å². The first-order valence-electron chi connectivity index (χ1n) is 9.61. The molecule has 130 valence electrons. The molecule has 0 aliphatic carbocycles. The highest BCUT2D eigenvalue weighted by Crippen LogP contribution is 2.09. The fourth-order valence-corrected chi connectivity index (χ4v) is 2.41. The van der Waals surface area contributed by atoms with Crippen molar-refractivity contribution in [2.75, 3.05) is 6.61 Å². The van der Waals surface area contributed by atoms with Crippen LogP contribution < -0.4 is 0 Å². The van der Waals surface area contributed by atoms with Crippen LogP contribution in [-0.2, 0) is 9.53 Å². The number of rotatable bonds is 16. The van der Waals surface area contributed by atoms with E-state index in [4.69, 9.17) is 4.74 Å². The number of allylic oxidation sites excluding steroid dienone is 2. The zero-order valence-corrected chi connectivity index (χ0v) is 15.1. The van der Waals surface area contributed by atoms with Crippen LogP contribution in [0.2, 0.25) is 0 Å². The molecule has 0 rings (SSSR count). The molecule has 2 heteroatoms. The Morgan fingerprint density at radius 1 is 0.727 bits per heavy atom. The number of carbonyl (C=O) groups is 1.